The molecule has 2 amide bonds. The molecule has 1 saturated heterocycles. The number of imide groups is 1. The lowest BCUT2D eigenvalue weighted by atomic mass is 10.0. The number of carbonyl (C=O) groups is 2. The van der Waals surface area contributed by atoms with Gasteiger partial charge in [-0.15, -0.1) is 0 Å². The van der Waals surface area contributed by atoms with Crippen LogP contribution in [0, 0.1) is 6.92 Å². The van der Waals surface area contributed by atoms with E-state index in [1.165, 1.54) is 4.90 Å². The molecule has 2 aromatic rings. The molecule has 1 fully saturated rings. The third-order valence-corrected chi connectivity index (χ3v) is 5.73. The Morgan fingerprint density at radius 3 is 2.13 bits per heavy atom. The molecule has 2 unspecified atom stereocenters. The van der Waals surface area contributed by atoms with Gasteiger partial charge in [0.25, 0.3) is 11.8 Å². The average Bonchev–Trinajstić information content (AvgIpc) is 2.94. The van der Waals surface area contributed by atoms with Gasteiger partial charge in [-0.3, -0.25) is 14.5 Å². The quantitative estimate of drug-likeness (QED) is 0.695. The summed E-state index contributed by atoms with van der Waals surface area (Å²) in [5, 5.41) is 0.586. The Morgan fingerprint density at radius 2 is 1.53 bits per heavy atom. The molecule has 5 nitrogen and oxygen atoms in total. The maximum Gasteiger partial charge on any atom is 0.278 e. The van der Waals surface area contributed by atoms with Crippen molar-refractivity contribution in [1.82, 2.24) is 9.80 Å². The molecule has 0 bridgehead atoms. The highest BCUT2D eigenvalue weighted by Crippen LogP contribution is 2.34. The highest BCUT2D eigenvalue weighted by atomic mass is 35.5. The molecule has 2 aliphatic heterocycles. The molecule has 2 atom stereocenters. The number of amides is 2. The number of benzene rings is 2. The summed E-state index contributed by atoms with van der Waals surface area (Å²) in [6.45, 7) is 7.35. The molecule has 0 aliphatic carbocycles. The van der Waals surface area contributed by atoms with E-state index >= 15 is 0 Å². The Labute approximate surface area is 181 Å². The van der Waals surface area contributed by atoms with Crippen LogP contribution in [0.4, 0.5) is 0 Å². The number of aryl methyl sites for hydroxylation is 1. The van der Waals surface area contributed by atoms with Crippen molar-refractivity contribution in [1.29, 1.82) is 0 Å². The van der Waals surface area contributed by atoms with E-state index < -0.39 is 0 Å². The molecule has 0 spiro atoms. The molecule has 156 valence electrons. The van der Waals surface area contributed by atoms with Crippen molar-refractivity contribution >= 4 is 29.0 Å². The molecule has 2 aromatic carbocycles. The summed E-state index contributed by atoms with van der Waals surface area (Å²) in [5.41, 5.74) is 3.64. The number of rotatable bonds is 4. The smallest absolute Gasteiger partial charge is 0.278 e. The van der Waals surface area contributed by atoms with E-state index in [9.17, 15) is 9.59 Å². The number of hydrogen-bond acceptors (Lipinski definition) is 4. The third-order valence-electron chi connectivity index (χ3n) is 5.47. The zero-order chi connectivity index (χ0) is 21.4. The summed E-state index contributed by atoms with van der Waals surface area (Å²) >= 11 is 6.05. The van der Waals surface area contributed by atoms with E-state index in [2.05, 4.69) is 0 Å². The number of nitrogens with zero attached hydrogens (tertiary/aromatic N) is 2. The van der Waals surface area contributed by atoms with Gasteiger partial charge in [0, 0.05) is 18.1 Å². The molecule has 0 N–H and O–H groups in total. The summed E-state index contributed by atoms with van der Waals surface area (Å²) in [6.07, 6.45) is -0.0523. The monoisotopic (exact) mass is 424 g/mol. The first-order chi connectivity index (χ1) is 14.3. The second-order valence-corrected chi connectivity index (χ2v) is 8.51. The Balaban J connectivity index is 1.74. The van der Waals surface area contributed by atoms with Gasteiger partial charge < -0.3 is 9.64 Å². The van der Waals surface area contributed by atoms with E-state index in [0.29, 0.717) is 34.9 Å². The van der Waals surface area contributed by atoms with E-state index in [0.717, 1.165) is 11.1 Å². The first-order valence-electron chi connectivity index (χ1n) is 10.2. The number of carbonyl (C=O) groups excluding carboxylic acids is 2. The fourth-order valence-electron chi connectivity index (χ4n) is 4.11. The summed E-state index contributed by atoms with van der Waals surface area (Å²) < 4.78 is 5.84. The predicted octanol–water partition coefficient (Wildman–Crippen LogP) is 4.04. The van der Waals surface area contributed by atoms with Gasteiger partial charge in [-0.05, 0) is 44.0 Å². The SMILES string of the molecule is Cc1ccc(CN2C(=O)C(c3ccc(Cl)cc3)=C(N3CC(C)OC(C)C3)C2=O)cc1. The van der Waals surface area contributed by atoms with E-state index in [-0.39, 0.29) is 30.6 Å². The summed E-state index contributed by atoms with van der Waals surface area (Å²) in [5.74, 6) is -0.531. The van der Waals surface area contributed by atoms with Crippen molar-refractivity contribution < 1.29 is 14.3 Å². The van der Waals surface area contributed by atoms with Crippen molar-refractivity contribution in [3.8, 4) is 0 Å². The first-order valence-corrected chi connectivity index (χ1v) is 10.5. The zero-order valence-electron chi connectivity index (χ0n) is 17.4. The second-order valence-electron chi connectivity index (χ2n) is 8.07. The van der Waals surface area contributed by atoms with Crippen LogP contribution in [-0.4, -0.2) is 46.9 Å². The normalized spacial score (nSPS) is 22.3. The van der Waals surface area contributed by atoms with Crippen molar-refractivity contribution in [2.45, 2.75) is 39.5 Å². The minimum absolute atomic E-state index is 0.0261. The van der Waals surface area contributed by atoms with Crippen molar-refractivity contribution in [3.63, 3.8) is 0 Å². The number of ether oxygens (including phenoxy) is 1. The number of hydrogen-bond donors (Lipinski definition) is 0. The Bertz CT molecular complexity index is 988. The molecular formula is C24H25ClN2O3. The van der Waals surface area contributed by atoms with Gasteiger partial charge in [-0.25, -0.2) is 0 Å². The van der Waals surface area contributed by atoms with E-state index in [1.54, 1.807) is 24.3 Å². The standard InChI is InChI=1S/C24H25ClN2O3/c1-15-4-6-18(7-5-15)14-27-23(28)21(19-8-10-20(25)11-9-19)22(24(27)29)26-12-16(2)30-17(3)13-26/h4-11,16-17H,12-14H2,1-3H3. The van der Waals surface area contributed by atoms with Crippen LogP contribution in [0.3, 0.4) is 0 Å². The largest absolute Gasteiger partial charge is 0.372 e. The van der Waals surface area contributed by atoms with Gasteiger partial charge in [-0.1, -0.05) is 53.6 Å². The maximum atomic E-state index is 13.5. The molecule has 0 aromatic heterocycles. The fourth-order valence-corrected chi connectivity index (χ4v) is 4.24. The minimum atomic E-state index is -0.273. The van der Waals surface area contributed by atoms with Crippen molar-refractivity contribution in [3.05, 3.63) is 75.9 Å². The van der Waals surface area contributed by atoms with Crippen LogP contribution >= 0.6 is 11.6 Å². The molecule has 2 aliphatic rings. The highest BCUT2D eigenvalue weighted by Gasteiger charge is 2.43. The van der Waals surface area contributed by atoms with Gasteiger partial charge in [-0.2, -0.15) is 0 Å². The van der Waals surface area contributed by atoms with Crippen LogP contribution in [0.25, 0.3) is 5.57 Å². The molecule has 2 heterocycles. The molecular weight excluding hydrogens is 400 g/mol. The minimum Gasteiger partial charge on any atom is -0.372 e. The lowest BCUT2D eigenvalue weighted by Crippen LogP contribution is -2.46. The zero-order valence-corrected chi connectivity index (χ0v) is 18.1. The fraction of sp³-hybridized carbons (Fsp3) is 0.333. The van der Waals surface area contributed by atoms with Gasteiger partial charge >= 0.3 is 0 Å². The Hall–Kier alpha value is -2.63. The second kappa shape index (κ2) is 8.25. The van der Waals surface area contributed by atoms with Crippen LogP contribution in [0.1, 0.15) is 30.5 Å². The van der Waals surface area contributed by atoms with Crippen LogP contribution in [-0.2, 0) is 20.9 Å². The summed E-state index contributed by atoms with van der Waals surface area (Å²) in [4.78, 5) is 30.3. The van der Waals surface area contributed by atoms with Crippen LogP contribution in [0.5, 0.6) is 0 Å². The highest BCUT2D eigenvalue weighted by molar-refractivity contribution is 6.35. The molecule has 0 radical (unpaired) electrons. The Kier molecular flexibility index (Phi) is 5.67. The van der Waals surface area contributed by atoms with Gasteiger partial charge in [0.05, 0.1) is 24.3 Å². The molecule has 4 rings (SSSR count). The number of halogens is 1. The van der Waals surface area contributed by atoms with Crippen LogP contribution in [0.15, 0.2) is 54.2 Å². The summed E-state index contributed by atoms with van der Waals surface area (Å²) in [7, 11) is 0. The predicted molar refractivity (Wildman–Crippen MR) is 117 cm³/mol. The van der Waals surface area contributed by atoms with Crippen LogP contribution in [0.2, 0.25) is 5.02 Å². The molecule has 30 heavy (non-hydrogen) atoms. The van der Waals surface area contributed by atoms with Crippen LogP contribution < -0.4 is 0 Å². The van der Waals surface area contributed by atoms with E-state index in [4.69, 9.17) is 16.3 Å². The van der Waals surface area contributed by atoms with Gasteiger partial charge in [0.2, 0.25) is 0 Å². The van der Waals surface area contributed by atoms with Crippen molar-refractivity contribution in [2.24, 2.45) is 0 Å². The van der Waals surface area contributed by atoms with Gasteiger partial charge in [0.15, 0.2) is 0 Å². The van der Waals surface area contributed by atoms with Gasteiger partial charge in [0.1, 0.15) is 5.70 Å². The lowest BCUT2D eigenvalue weighted by Gasteiger charge is -2.37. The van der Waals surface area contributed by atoms with E-state index in [1.807, 2.05) is 49.9 Å². The number of morpholine rings is 1. The third kappa shape index (κ3) is 4.00. The maximum absolute atomic E-state index is 13.5. The molecule has 6 heteroatoms. The topological polar surface area (TPSA) is 49.9 Å². The Morgan fingerprint density at radius 1 is 0.933 bits per heavy atom. The first kappa shape index (κ1) is 20.6. The lowest BCUT2D eigenvalue weighted by molar-refractivity contribution is -0.139. The molecule has 0 saturated carbocycles. The summed E-state index contributed by atoms with van der Waals surface area (Å²) in [6, 6.07) is 15.0. The van der Waals surface area contributed by atoms with Crippen molar-refractivity contribution in [2.75, 3.05) is 13.1 Å². The average molecular weight is 425 g/mol.